The number of furan rings is 1. The summed E-state index contributed by atoms with van der Waals surface area (Å²) in [5, 5.41) is 0. The molecule has 0 bridgehead atoms. The molecular formula is C9H11NO. The zero-order valence-corrected chi connectivity index (χ0v) is 6.50. The predicted octanol–water partition coefficient (Wildman–Crippen LogP) is 1.37. The maximum absolute atomic E-state index is 5.57. The second-order valence-corrected chi connectivity index (χ2v) is 2.26. The van der Waals surface area contributed by atoms with Gasteiger partial charge in [-0.1, -0.05) is 12.8 Å². The third-order valence-corrected chi connectivity index (χ3v) is 1.34. The molecule has 1 rings (SSSR count). The van der Waals surface area contributed by atoms with Crippen LogP contribution in [0, 0.1) is 11.8 Å². The van der Waals surface area contributed by atoms with E-state index in [1.807, 2.05) is 19.1 Å². The van der Waals surface area contributed by atoms with Crippen LogP contribution in [-0.2, 0) is 0 Å². The van der Waals surface area contributed by atoms with Crippen LogP contribution in [0.2, 0.25) is 0 Å². The zero-order chi connectivity index (χ0) is 8.10. The molecule has 1 aromatic heterocycles. The molecular weight excluding hydrogens is 138 g/mol. The van der Waals surface area contributed by atoms with Crippen LogP contribution in [0.3, 0.4) is 0 Å². The number of rotatable bonds is 1. The van der Waals surface area contributed by atoms with E-state index in [1.54, 1.807) is 6.26 Å². The average molecular weight is 149 g/mol. The van der Waals surface area contributed by atoms with E-state index in [2.05, 4.69) is 11.8 Å². The molecule has 58 valence electrons. The highest BCUT2D eigenvalue weighted by molar-refractivity contribution is 5.25. The molecule has 2 heteroatoms. The summed E-state index contributed by atoms with van der Waals surface area (Å²) in [7, 11) is 0. The molecule has 1 heterocycles. The molecule has 0 saturated carbocycles. The summed E-state index contributed by atoms with van der Waals surface area (Å²) in [5.74, 6) is 6.38. The molecule has 2 nitrogen and oxygen atoms in total. The van der Waals surface area contributed by atoms with Crippen LogP contribution >= 0.6 is 0 Å². The van der Waals surface area contributed by atoms with Gasteiger partial charge in [-0.3, -0.25) is 0 Å². The van der Waals surface area contributed by atoms with Gasteiger partial charge in [-0.2, -0.15) is 0 Å². The summed E-state index contributed by atoms with van der Waals surface area (Å²) in [6.45, 7) is 2.00. The van der Waals surface area contributed by atoms with E-state index in [0.717, 1.165) is 6.42 Å². The first-order valence-electron chi connectivity index (χ1n) is 3.63. The topological polar surface area (TPSA) is 39.2 Å². The van der Waals surface area contributed by atoms with Crippen molar-refractivity contribution < 1.29 is 4.42 Å². The van der Waals surface area contributed by atoms with Crippen LogP contribution in [0.1, 0.15) is 19.1 Å². The van der Waals surface area contributed by atoms with Gasteiger partial charge in [-0.05, 0) is 24.5 Å². The van der Waals surface area contributed by atoms with Crippen molar-refractivity contribution in [3.05, 3.63) is 24.2 Å². The van der Waals surface area contributed by atoms with Crippen molar-refractivity contribution in [3.63, 3.8) is 0 Å². The summed E-state index contributed by atoms with van der Waals surface area (Å²) >= 11 is 0. The van der Waals surface area contributed by atoms with Gasteiger partial charge >= 0.3 is 0 Å². The van der Waals surface area contributed by atoms with E-state index in [4.69, 9.17) is 10.2 Å². The fourth-order valence-corrected chi connectivity index (χ4v) is 0.616. The average Bonchev–Trinajstić information content (AvgIpc) is 2.52. The van der Waals surface area contributed by atoms with Crippen molar-refractivity contribution in [2.45, 2.75) is 19.4 Å². The number of hydrogen-bond acceptors (Lipinski definition) is 2. The monoisotopic (exact) mass is 149 g/mol. The Bertz CT molecular complexity index is 253. The fourth-order valence-electron chi connectivity index (χ4n) is 0.616. The fraction of sp³-hybridized carbons (Fsp3) is 0.333. The van der Waals surface area contributed by atoms with Crippen LogP contribution in [0.15, 0.2) is 22.8 Å². The van der Waals surface area contributed by atoms with E-state index in [1.165, 1.54) is 0 Å². The van der Waals surface area contributed by atoms with Crippen LogP contribution in [0.5, 0.6) is 0 Å². The smallest absolute Gasteiger partial charge is 0.176 e. The Hall–Kier alpha value is -1.20. The molecule has 0 aliphatic heterocycles. The first-order chi connectivity index (χ1) is 5.33. The SMILES string of the molecule is CCC(N)C#Cc1ccco1. The van der Waals surface area contributed by atoms with Crippen molar-refractivity contribution in [1.29, 1.82) is 0 Å². The van der Waals surface area contributed by atoms with E-state index >= 15 is 0 Å². The molecule has 0 radical (unpaired) electrons. The molecule has 0 aliphatic rings. The highest BCUT2D eigenvalue weighted by Crippen LogP contribution is 1.96. The molecule has 0 fully saturated rings. The third-order valence-electron chi connectivity index (χ3n) is 1.34. The second kappa shape index (κ2) is 3.85. The van der Waals surface area contributed by atoms with Crippen molar-refractivity contribution in [3.8, 4) is 11.8 Å². The summed E-state index contributed by atoms with van der Waals surface area (Å²) in [4.78, 5) is 0. The Morgan fingerprint density at radius 1 is 1.73 bits per heavy atom. The largest absolute Gasteiger partial charge is 0.456 e. The van der Waals surface area contributed by atoms with Gasteiger partial charge in [-0.15, -0.1) is 0 Å². The maximum Gasteiger partial charge on any atom is 0.176 e. The first-order valence-corrected chi connectivity index (χ1v) is 3.63. The Morgan fingerprint density at radius 3 is 3.09 bits per heavy atom. The summed E-state index contributed by atoms with van der Waals surface area (Å²) in [5.41, 5.74) is 5.57. The van der Waals surface area contributed by atoms with Crippen molar-refractivity contribution in [1.82, 2.24) is 0 Å². The van der Waals surface area contributed by atoms with E-state index in [-0.39, 0.29) is 6.04 Å². The highest BCUT2D eigenvalue weighted by Gasteiger charge is 1.90. The van der Waals surface area contributed by atoms with Gasteiger partial charge in [0.05, 0.1) is 12.3 Å². The van der Waals surface area contributed by atoms with Crippen LogP contribution in [0.25, 0.3) is 0 Å². The summed E-state index contributed by atoms with van der Waals surface area (Å²) < 4.78 is 5.00. The predicted molar refractivity (Wildman–Crippen MR) is 43.9 cm³/mol. The lowest BCUT2D eigenvalue weighted by atomic mass is 10.2. The molecule has 0 amide bonds. The lowest BCUT2D eigenvalue weighted by Crippen LogP contribution is -2.15. The molecule has 11 heavy (non-hydrogen) atoms. The standard InChI is InChI=1S/C9H11NO/c1-2-8(10)5-6-9-4-3-7-11-9/h3-4,7-8H,2,10H2,1H3. The quantitative estimate of drug-likeness (QED) is 0.612. The van der Waals surface area contributed by atoms with Crippen LogP contribution < -0.4 is 5.73 Å². The minimum absolute atomic E-state index is 0.0416. The van der Waals surface area contributed by atoms with Gasteiger partial charge in [0.15, 0.2) is 5.76 Å². The van der Waals surface area contributed by atoms with Gasteiger partial charge in [0.2, 0.25) is 0 Å². The molecule has 1 aromatic rings. The molecule has 2 N–H and O–H groups in total. The zero-order valence-electron chi connectivity index (χ0n) is 6.50. The van der Waals surface area contributed by atoms with Gasteiger partial charge in [0.25, 0.3) is 0 Å². The molecule has 1 unspecified atom stereocenters. The van der Waals surface area contributed by atoms with Crippen molar-refractivity contribution in [2.24, 2.45) is 5.73 Å². The third kappa shape index (κ3) is 2.48. The maximum atomic E-state index is 5.57. The molecule has 0 aromatic carbocycles. The van der Waals surface area contributed by atoms with Crippen LogP contribution in [-0.4, -0.2) is 6.04 Å². The highest BCUT2D eigenvalue weighted by atomic mass is 16.3. The molecule has 0 saturated heterocycles. The minimum atomic E-state index is -0.0416. The van der Waals surface area contributed by atoms with E-state index in [9.17, 15) is 0 Å². The van der Waals surface area contributed by atoms with Crippen LogP contribution in [0.4, 0.5) is 0 Å². The van der Waals surface area contributed by atoms with Gasteiger partial charge in [0, 0.05) is 0 Å². The Kier molecular flexibility index (Phi) is 2.76. The minimum Gasteiger partial charge on any atom is -0.456 e. The Morgan fingerprint density at radius 2 is 2.55 bits per heavy atom. The molecule has 0 spiro atoms. The Labute approximate surface area is 66.4 Å². The first kappa shape index (κ1) is 7.90. The van der Waals surface area contributed by atoms with E-state index in [0.29, 0.717) is 5.76 Å². The second-order valence-electron chi connectivity index (χ2n) is 2.26. The van der Waals surface area contributed by atoms with Gasteiger partial charge < -0.3 is 10.2 Å². The van der Waals surface area contributed by atoms with Crippen molar-refractivity contribution >= 4 is 0 Å². The Balaban J connectivity index is 2.58. The lowest BCUT2D eigenvalue weighted by Gasteiger charge is -1.93. The van der Waals surface area contributed by atoms with E-state index < -0.39 is 0 Å². The molecule has 1 atom stereocenters. The summed E-state index contributed by atoms with van der Waals surface area (Å²) in [6.07, 6.45) is 2.47. The van der Waals surface area contributed by atoms with Gasteiger partial charge in [-0.25, -0.2) is 0 Å². The van der Waals surface area contributed by atoms with Crippen molar-refractivity contribution in [2.75, 3.05) is 0 Å². The summed E-state index contributed by atoms with van der Waals surface area (Å²) in [6, 6.07) is 3.58. The number of hydrogen-bond donors (Lipinski definition) is 1. The normalized spacial score (nSPS) is 11.8. The number of nitrogens with two attached hydrogens (primary N) is 1. The van der Waals surface area contributed by atoms with Gasteiger partial charge in [0.1, 0.15) is 0 Å². The lowest BCUT2D eigenvalue weighted by molar-refractivity contribution is 0.554. The molecule has 0 aliphatic carbocycles.